The van der Waals surface area contributed by atoms with E-state index in [0.717, 1.165) is 32.2 Å². The van der Waals surface area contributed by atoms with E-state index in [-0.39, 0.29) is 23.9 Å². The minimum atomic E-state index is -2.90. The number of benzene rings is 1. The number of carbonyl (C=O) groups excluding carboxylic acids is 1. The predicted octanol–water partition coefficient (Wildman–Crippen LogP) is 4.98. The second-order valence-corrected chi connectivity index (χ2v) is 10.5. The van der Waals surface area contributed by atoms with Crippen molar-refractivity contribution < 1.29 is 18.3 Å². The number of halogens is 2. The third-order valence-electron chi connectivity index (χ3n) is 6.68. The number of carbonyl (C=O) groups is 1. The molecule has 1 aliphatic rings. The topological polar surface area (TPSA) is 88.4 Å². The lowest BCUT2D eigenvalue weighted by molar-refractivity contribution is -0.0499. The first-order chi connectivity index (χ1) is 18.2. The van der Waals surface area contributed by atoms with Crippen LogP contribution in [0.3, 0.4) is 0 Å². The second kappa shape index (κ2) is 10.5. The van der Waals surface area contributed by atoms with Gasteiger partial charge >= 0.3 is 12.6 Å². The molecule has 5 rings (SSSR count). The Bertz CT molecular complexity index is 1460. The van der Waals surface area contributed by atoms with Crippen molar-refractivity contribution in [3.8, 4) is 16.2 Å². The van der Waals surface area contributed by atoms with Gasteiger partial charge in [-0.3, -0.25) is 4.68 Å². The summed E-state index contributed by atoms with van der Waals surface area (Å²) in [6, 6.07) is 7.79. The van der Waals surface area contributed by atoms with Crippen molar-refractivity contribution in [1.82, 2.24) is 30.0 Å². The number of hydrogen-bond acceptors (Lipinski definition) is 7. The number of nitrogens with zero attached hydrogens (tertiary/aromatic N) is 6. The summed E-state index contributed by atoms with van der Waals surface area (Å²) in [6.07, 6.45) is 3.59. The Labute approximate surface area is 223 Å². The average molecular weight is 542 g/mol. The molecular formula is C26H29F2N7O2S. The highest BCUT2D eigenvalue weighted by Crippen LogP contribution is 2.38. The molecule has 12 heteroatoms. The molecule has 200 valence electrons. The first-order valence-corrected chi connectivity index (χ1v) is 13.1. The van der Waals surface area contributed by atoms with Gasteiger partial charge in [0.1, 0.15) is 17.9 Å². The van der Waals surface area contributed by atoms with E-state index in [4.69, 9.17) is 0 Å². The van der Waals surface area contributed by atoms with Gasteiger partial charge in [0.05, 0.1) is 22.0 Å². The fourth-order valence-electron chi connectivity index (χ4n) is 4.80. The Morgan fingerprint density at radius 2 is 2.05 bits per heavy atom. The van der Waals surface area contributed by atoms with E-state index in [0.29, 0.717) is 25.2 Å². The van der Waals surface area contributed by atoms with Crippen LogP contribution in [0, 0.1) is 6.92 Å². The van der Waals surface area contributed by atoms with Gasteiger partial charge in [-0.05, 0) is 44.5 Å². The summed E-state index contributed by atoms with van der Waals surface area (Å²) < 4.78 is 32.4. The Morgan fingerprint density at radius 1 is 1.24 bits per heavy atom. The van der Waals surface area contributed by atoms with Crippen LogP contribution in [0.1, 0.15) is 31.1 Å². The fourth-order valence-corrected chi connectivity index (χ4v) is 5.99. The van der Waals surface area contributed by atoms with E-state index >= 15 is 0 Å². The van der Waals surface area contributed by atoms with Crippen molar-refractivity contribution in [3.63, 3.8) is 0 Å². The molecule has 0 spiro atoms. The maximum Gasteiger partial charge on any atom is 0.387 e. The number of fused-ring (bicyclic) bond motifs is 1. The van der Waals surface area contributed by atoms with Crippen LogP contribution in [-0.2, 0) is 7.05 Å². The number of piperazine rings is 1. The lowest BCUT2D eigenvalue weighted by atomic mass is 10.1. The number of urea groups is 1. The van der Waals surface area contributed by atoms with E-state index in [9.17, 15) is 13.6 Å². The molecule has 1 aliphatic heterocycles. The zero-order valence-electron chi connectivity index (χ0n) is 21.6. The average Bonchev–Trinajstić information content (AvgIpc) is 3.45. The molecule has 3 aromatic heterocycles. The van der Waals surface area contributed by atoms with Gasteiger partial charge in [0, 0.05) is 49.4 Å². The summed E-state index contributed by atoms with van der Waals surface area (Å²) >= 11 is 1.65. The van der Waals surface area contributed by atoms with Crippen LogP contribution in [0.25, 0.3) is 20.7 Å². The van der Waals surface area contributed by atoms with Crippen molar-refractivity contribution >= 4 is 33.4 Å². The van der Waals surface area contributed by atoms with Crippen molar-refractivity contribution in [1.29, 1.82) is 0 Å². The highest BCUT2D eigenvalue weighted by Gasteiger charge is 2.30. The van der Waals surface area contributed by atoms with Gasteiger partial charge in [0.25, 0.3) is 0 Å². The number of aromatic nitrogens is 4. The third kappa shape index (κ3) is 5.26. The first-order valence-electron chi connectivity index (χ1n) is 12.3. The van der Waals surface area contributed by atoms with E-state index in [1.165, 1.54) is 12.1 Å². The van der Waals surface area contributed by atoms with Gasteiger partial charge in [-0.1, -0.05) is 12.1 Å². The molecule has 38 heavy (non-hydrogen) atoms. The molecule has 2 atom stereocenters. The number of ether oxygens (including phenoxy) is 1. The minimum Gasteiger partial charge on any atom is -0.435 e. The summed E-state index contributed by atoms with van der Waals surface area (Å²) in [7, 11) is 1.91. The lowest BCUT2D eigenvalue weighted by Crippen LogP contribution is -2.57. The molecule has 4 heterocycles. The largest absolute Gasteiger partial charge is 0.435 e. The van der Waals surface area contributed by atoms with Crippen molar-refractivity contribution in [3.05, 3.63) is 54.1 Å². The highest BCUT2D eigenvalue weighted by atomic mass is 32.1. The molecule has 1 unspecified atom stereocenters. The summed E-state index contributed by atoms with van der Waals surface area (Å²) in [6.45, 7) is 4.66. The van der Waals surface area contributed by atoms with Gasteiger partial charge in [-0.25, -0.2) is 14.8 Å². The monoisotopic (exact) mass is 541 g/mol. The summed E-state index contributed by atoms with van der Waals surface area (Å²) in [5, 5.41) is 7.44. The number of hydrogen-bond donors (Lipinski definition) is 1. The van der Waals surface area contributed by atoms with Crippen LogP contribution in [-0.4, -0.2) is 63.0 Å². The fraction of sp³-hybridized carbons (Fsp3) is 0.385. The van der Waals surface area contributed by atoms with Crippen molar-refractivity contribution in [2.75, 3.05) is 24.5 Å². The Hall–Kier alpha value is -3.80. The highest BCUT2D eigenvalue weighted by molar-refractivity contribution is 7.22. The quantitative estimate of drug-likeness (QED) is 0.370. The first kappa shape index (κ1) is 25.8. The second-order valence-electron chi connectivity index (χ2n) is 9.43. The number of alkyl halides is 2. The normalized spacial score (nSPS) is 16.8. The number of anilines is 1. The van der Waals surface area contributed by atoms with E-state index in [1.807, 2.05) is 38.7 Å². The smallest absolute Gasteiger partial charge is 0.387 e. The van der Waals surface area contributed by atoms with E-state index in [1.54, 1.807) is 34.7 Å². The molecular weight excluding hydrogens is 512 g/mol. The summed E-state index contributed by atoms with van der Waals surface area (Å²) in [5.41, 5.74) is 3.61. The molecule has 1 saturated heterocycles. The van der Waals surface area contributed by atoms with Crippen LogP contribution in [0.2, 0.25) is 0 Å². The number of thiophene rings is 1. The molecule has 9 nitrogen and oxygen atoms in total. The molecule has 0 radical (unpaired) electrons. The predicted molar refractivity (Wildman–Crippen MR) is 143 cm³/mol. The Kier molecular flexibility index (Phi) is 7.15. The van der Waals surface area contributed by atoms with Crippen LogP contribution in [0.5, 0.6) is 5.75 Å². The van der Waals surface area contributed by atoms with Crippen LogP contribution >= 0.6 is 11.3 Å². The molecule has 4 aromatic rings. The zero-order chi connectivity index (χ0) is 27.0. The van der Waals surface area contributed by atoms with Gasteiger partial charge in [0.2, 0.25) is 0 Å². The Morgan fingerprint density at radius 3 is 2.76 bits per heavy atom. The SMILES string of the molecule is Cc1nn(C)cc1-c1cc2ncnc(N3CCN(C(=O)N[C@@H](C)c4cccc(OC(F)F)c4)C(C)C3)c2s1. The van der Waals surface area contributed by atoms with Crippen LogP contribution in [0.4, 0.5) is 19.4 Å². The van der Waals surface area contributed by atoms with Crippen LogP contribution in [0.15, 0.2) is 42.9 Å². The molecule has 1 aromatic carbocycles. The molecule has 0 aliphatic carbocycles. The van der Waals surface area contributed by atoms with Gasteiger partial charge < -0.3 is 19.9 Å². The van der Waals surface area contributed by atoms with Crippen LogP contribution < -0.4 is 15.0 Å². The number of amides is 2. The van der Waals surface area contributed by atoms with Crippen molar-refractivity contribution in [2.45, 2.75) is 39.5 Å². The summed E-state index contributed by atoms with van der Waals surface area (Å²) in [4.78, 5) is 27.3. The third-order valence-corrected chi connectivity index (χ3v) is 7.84. The molecule has 1 fully saturated rings. The summed E-state index contributed by atoms with van der Waals surface area (Å²) in [5.74, 6) is 0.927. The number of nitrogens with one attached hydrogen (secondary N) is 1. The molecule has 0 saturated carbocycles. The maximum absolute atomic E-state index is 13.1. The van der Waals surface area contributed by atoms with Gasteiger partial charge in [-0.2, -0.15) is 13.9 Å². The van der Waals surface area contributed by atoms with E-state index in [2.05, 4.69) is 36.1 Å². The van der Waals surface area contributed by atoms with Gasteiger partial charge in [-0.15, -0.1) is 11.3 Å². The molecule has 2 amide bonds. The standard InChI is InChI=1S/C26H29F2N7O2S/c1-15-12-34(24-23-21(29-14-30-24)11-22(38-23)20-13-33(4)32-17(20)3)8-9-35(15)26(36)31-16(2)18-6-5-7-19(10-18)37-25(27)28/h5-7,10-11,13-16,25H,8-9,12H2,1-4H3,(H,31,36)/t15?,16-/m0/s1. The zero-order valence-corrected chi connectivity index (χ0v) is 22.4. The van der Waals surface area contributed by atoms with E-state index < -0.39 is 6.61 Å². The minimum absolute atomic E-state index is 0.0622. The number of rotatable bonds is 6. The lowest BCUT2D eigenvalue weighted by Gasteiger charge is -2.40. The van der Waals surface area contributed by atoms with Gasteiger partial charge in [0.15, 0.2) is 0 Å². The maximum atomic E-state index is 13.1. The molecule has 1 N–H and O–H groups in total. The number of aryl methyl sites for hydroxylation is 2. The Balaban J connectivity index is 1.27. The molecule has 0 bridgehead atoms. The van der Waals surface area contributed by atoms with Crippen molar-refractivity contribution in [2.24, 2.45) is 7.05 Å².